The topological polar surface area (TPSA) is 69.8 Å². The second kappa shape index (κ2) is 9.99. The second-order valence-corrected chi connectivity index (χ2v) is 7.13. The summed E-state index contributed by atoms with van der Waals surface area (Å²) in [4.78, 5) is 20.5. The van der Waals surface area contributed by atoms with E-state index in [1.165, 1.54) is 0 Å². The summed E-state index contributed by atoms with van der Waals surface area (Å²) >= 11 is 1.61. The Morgan fingerprint density at radius 2 is 1.93 bits per heavy atom. The molecule has 3 N–H and O–H groups in total. The smallest absolute Gasteiger partial charge is 0.251 e. The highest BCUT2D eigenvalue weighted by molar-refractivity contribution is 7.98. The fourth-order valence-electron chi connectivity index (χ4n) is 3.05. The van der Waals surface area contributed by atoms with E-state index in [0.29, 0.717) is 5.75 Å². The zero-order valence-electron chi connectivity index (χ0n) is 14.6. The van der Waals surface area contributed by atoms with Gasteiger partial charge in [0.15, 0.2) is 5.16 Å². The third-order valence-electron chi connectivity index (χ3n) is 4.39. The van der Waals surface area contributed by atoms with Gasteiger partial charge in [0, 0.05) is 23.9 Å². The van der Waals surface area contributed by atoms with Crippen LogP contribution in [0.25, 0.3) is 11.0 Å². The molecular weight excluding hydrogens is 403 g/mol. The molecule has 0 radical (unpaired) electrons. The molecule has 8 heteroatoms. The largest absolute Gasteiger partial charge is 0.348 e. The highest BCUT2D eigenvalue weighted by atomic mass is 35.5. The molecule has 3 aromatic rings. The molecule has 1 amide bonds. The number of hydrogen-bond donors (Lipinski definition) is 3. The molecule has 0 aliphatic carbocycles. The van der Waals surface area contributed by atoms with E-state index in [1.807, 2.05) is 48.5 Å². The van der Waals surface area contributed by atoms with Crippen LogP contribution in [0.2, 0.25) is 0 Å². The Bertz CT molecular complexity index is 863. The van der Waals surface area contributed by atoms with Crippen LogP contribution in [0.4, 0.5) is 0 Å². The summed E-state index contributed by atoms with van der Waals surface area (Å²) in [6, 6.07) is 16.0. The summed E-state index contributed by atoms with van der Waals surface area (Å²) in [6.07, 6.45) is 0.988. The van der Waals surface area contributed by atoms with E-state index in [0.717, 1.165) is 46.8 Å². The number of nitrogens with one attached hydrogen (secondary N) is 3. The number of aromatic nitrogens is 2. The van der Waals surface area contributed by atoms with Gasteiger partial charge < -0.3 is 15.6 Å². The molecule has 0 bridgehead atoms. The number of benzene rings is 2. The number of para-hydroxylation sites is 2. The van der Waals surface area contributed by atoms with Crippen LogP contribution >= 0.6 is 36.6 Å². The molecule has 1 unspecified atom stereocenters. The first kappa shape index (κ1) is 21.6. The second-order valence-electron chi connectivity index (χ2n) is 6.17. The number of H-pyrrole nitrogens is 1. The van der Waals surface area contributed by atoms with Crippen molar-refractivity contribution < 1.29 is 4.79 Å². The van der Waals surface area contributed by atoms with Gasteiger partial charge in [-0.25, -0.2) is 4.98 Å². The number of imidazole rings is 1. The lowest BCUT2D eigenvalue weighted by atomic mass is 10.1. The van der Waals surface area contributed by atoms with Gasteiger partial charge in [-0.05, 0) is 36.7 Å². The van der Waals surface area contributed by atoms with Crippen molar-refractivity contribution in [2.75, 3.05) is 13.1 Å². The Morgan fingerprint density at radius 1 is 1.15 bits per heavy atom. The van der Waals surface area contributed by atoms with Crippen LogP contribution in [0.1, 0.15) is 22.3 Å². The molecule has 2 heterocycles. The summed E-state index contributed by atoms with van der Waals surface area (Å²) < 4.78 is 0. The maximum absolute atomic E-state index is 12.6. The molecule has 144 valence electrons. The van der Waals surface area contributed by atoms with Gasteiger partial charge in [0.25, 0.3) is 5.91 Å². The Balaban J connectivity index is 0.00000131. The van der Waals surface area contributed by atoms with E-state index >= 15 is 0 Å². The predicted octanol–water partition coefficient (Wildman–Crippen LogP) is 3.79. The van der Waals surface area contributed by atoms with E-state index in [2.05, 4.69) is 20.6 Å². The lowest BCUT2D eigenvalue weighted by Crippen LogP contribution is -2.36. The number of halogens is 2. The summed E-state index contributed by atoms with van der Waals surface area (Å²) in [6.45, 7) is 1.82. The number of fused-ring (bicyclic) bond motifs is 1. The van der Waals surface area contributed by atoms with Gasteiger partial charge in [0.2, 0.25) is 0 Å². The van der Waals surface area contributed by atoms with Crippen molar-refractivity contribution in [3.05, 3.63) is 59.7 Å². The van der Waals surface area contributed by atoms with Crippen LogP contribution in [-0.2, 0) is 5.75 Å². The number of amides is 1. The molecule has 0 spiro atoms. The first-order chi connectivity index (χ1) is 12.3. The Morgan fingerprint density at radius 3 is 2.70 bits per heavy atom. The zero-order chi connectivity index (χ0) is 17.1. The highest BCUT2D eigenvalue weighted by Gasteiger charge is 2.19. The van der Waals surface area contributed by atoms with Gasteiger partial charge in [-0.15, -0.1) is 24.8 Å². The molecule has 5 nitrogen and oxygen atoms in total. The van der Waals surface area contributed by atoms with Gasteiger partial charge in [-0.3, -0.25) is 4.79 Å². The summed E-state index contributed by atoms with van der Waals surface area (Å²) in [5.41, 5.74) is 3.77. The fraction of sp³-hybridized carbons (Fsp3) is 0.263. The van der Waals surface area contributed by atoms with Crippen molar-refractivity contribution in [1.29, 1.82) is 0 Å². The van der Waals surface area contributed by atoms with Gasteiger partial charge in [0.05, 0.1) is 11.0 Å². The molecule has 1 aliphatic heterocycles. The third-order valence-corrected chi connectivity index (χ3v) is 5.31. The molecule has 1 aromatic heterocycles. The average Bonchev–Trinajstić information content (AvgIpc) is 3.29. The first-order valence-electron chi connectivity index (χ1n) is 8.46. The Kier molecular flexibility index (Phi) is 7.98. The minimum atomic E-state index is 0. The number of hydrogen-bond acceptors (Lipinski definition) is 4. The van der Waals surface area contributed by atoms with Crippen LogP contribution in [-0.4, -0.2) is 35.0 Å². The van der Waals surface area contributed by atoms with Crippen LogP contribution in [0, 0.1) is 0 Å². The van der Waals surface area contributed by atoms with Crippen LogP contribution in [0.15, 0.2) is 53.7 Å². The minimum Gasteiger partial charge on any atom is -0.348 e. The molecule has 1 atom stereocenters. The fourth-order valence-corrected chi connectivity index (χ4v) is 3.94. The van der Waals surface area contributed by atoms with Gasteiger partial charge in [-0.2, -0.15) is 0 Å². The molecule has 0 saturated carbocycles. The molecule has 1 saturated heterocycles. The Hall–Kier alpha value is -1.73. The summed E-state index contributed by atoms with van der Waals surface area (Å²) in [7, 11) is 0. The van der Waals surface area contributed by atoms with E-state index in [4.69, 9.17) is 0 Å². The van der Waals surface area contributed by atoms with E-state index in [9.17, 15) is 4.79 Å². The van der Waals surface area contributed by atoms with Crippen molar-refractivity contribution in [1.82, 2.24) is 20.6 Å². The SMILES string of the molecule is Cl.Cl.O=C(NC1CCNC1)c1ccccc1CSc1nc2ccccc2[nH]1. The number of carbonyl (C=O) groups excluding carboxylic acids is 1. The van der Waals surface area contributed by atoms with Gasteiger partial charge in [0.1, 0.15) is 0 Å². The average molecular weight is 425 g/mol. The van der Waals surface area contributed by atoms with Crippen LogP contribution < -0.4 is 10.6 Å². The predicted molar refractivity (Wildman–Crippen MR) is 115 cm³/mol. The molecule has 1 fully saturated rings. The maximum Gasteiger partial charge on any atom is 0.251 e. The monoisotopic (exact) mass is 424 g/mol. The molecule has 1 aliphatic rings. The van der Waals surface area contributed by atoms with Crippen molar-refractivity contribution >= 4 is 53.5 Å². The Labute approximate surface area is 174 Å². The molecule has 4 rings (SSSR count). The van der Waals surface area contributed by atoms with Crippen molar-refractivity contribution in [2.24, 2.45) is 0 Å². The number of nitrogens with zero attached hydrogens (tertiary/aromatic N) is 1. The van der Waals surface area contributed by atoms with Gasteiger partial charge in [-0.1, -0.05) is 42.1 Å². The van der Waals surface area contributed by atoms with Crippen molar-refractivity contribution in [2.45, 2.75) is 23.4 Å². The summed E-state index contributed by atoms with van der Waals surface area (Å²) in [5.74, 6) is 0.710. The van der Waals surface area contributed by atoms with Crippen molar-refractivity contribution in [3.63, 3.8) is 0 Å². The van der Waals surface area contributed by atoms with Crippen LogP contribution in [0.3, 0.4) is 0 Å². The number of carbonyl (C=O) groups is 1. The lowest BCUT2D eigenvalue weighted by molar-refractivity contribution is 0.0939. The summed E-state index contributed by atoms with van der Waals surface area (Å²) in [5, 5.41) is 7.26. The van der Waals surface area contributed by atoms with E-state index < -0.39 is 0 Å². The number of rotatable bonds is 5. The normalized spacial score (nSPS) is 15.8. The van der Waals surface area contributed by atoms with E-state index in [-0.39, 0.29) is 36.8 Å². The maximum atomic E-state index is 12.6. The van der Waals surface area contributed by atoms with Crippen LogP contribution in [0.5, 0.6) is 0 Å². The molecular formula is C19H22Cl2N4OS. The molecule has 27 heavy (non-hydrogen) atoms. The third kappa shape index (κ3) is 5.17. The highest BCUT2D eigenvalue weighted by Crippen LogP contribution is 2.24. The number of aromatic amines is 1. The quantitative estimate of drug-likeness (QED) is 0.544. The van der Waals surface area contributed by atoms with Crippen molar-refractivity contribution in [3.8, 4) is 0 Å². The molecule has 2 aromatic carbocycles. The number of thioether (sulfide) groups is 1. The minimum absolute atomic E-state index is 0. The standard InChI is InChI=1S/C19H20N4OS.2ClH/c24-18(21-14-9-10-20-11-14)15-6-2-1-5-13(15)12-25-19-22-16-7-3-4-8-17(16)23-19;;/h1-8,14,20H,9-12H2,(H,21,24)(H,22,23);2*1H. The van der Waals surface area contributed by atoms with Gasteiger partial charge >= 0.3 is 0 Å². The lowest BCUT2D eigenvalue weighted by Gasteiger charge is -2.13. The van der Waals surface area contributed by atoms with E-state index in [1.54, 1.807) is 11.8 Å². The zero-order valence-corrected chi connectivity index (χ0v) is 17.1. The first-order valence-corrected chi connectivity index (χ1v) is 9.45.